The first kappa shape index (κ1) is 16.0. The van der Waals surface area contributed by atoms with E-state index in [9.17, 15) is 4.79 Å². The summed E-state index contributed by atoms with van der Waals surface area (Å²) in [5, 5.41) is 3.36. The Kier molecular flexibility index (Phi) is 4.39. The van der Waals surface area contributed by atoms with E-state index in [4.69, 9.17) is 9.47 Å². The highest BCUT2D eigenvalue weighted by Gasteiger charge is 2.29. The van der Waals surface area contributed by atoms with Crippen LogP contribution < -0.4 is 5.32 Å². The maximum absolute atomic E-state index is 12.2. The first-order valence-electron chi connectivity index (χ1n) is 8.08. The molecular weight excluding hydrogens is 296 g/mol. The summed E-state index contributed by atoms with van der Waals surface area (Å²) < 4.78 is 10.8. The highest BCUT2D eigenvalue weighted by atomic mass is 16.6. The summed E-state index contributed by atoms with van der Waals surface area (Å²) in [5.41, 5.74) is 1.38. The Morgan fingerprint density at radius 2 is 2.09 bits per heavy atom. The van der Waals surface area contributed by atoms with E-state index >= 15 is 0 Å². The smallest absolute Gasteiger partial charge is 0.410 e. The minimum atomic E-state index is -0.493. The number of rotatable bonds is 2. The summed E-state index contributed by atoms with van der Waals surface area (Å²) in [6.45, 7) is 8.11. The van der Waals surface area contributed by atoms with Gasteiger partial charge in [-0.25, -0.2) is 14.8 Å². The number of anilines is 1. The molecule has 0 aliphatic carbocycles. The van der Waals surface area contributed by atoms with Crippen molar-refractivity contribution in [3.05, 3.63) is 17.5 Å². The van der Waals surface area contributed by atoms with E-state index in [0.717, 1.165) is 37.3 Å². The van der Waals surface area contributed by atoms with Gasteiger partial charge in [-0.05, 0) is 33.6 Å². The fraction of sp³-hybridized carbons (Fsp3) is 0.688. The molecule has 2 aliphatic heterocycles. The number of hydrogen-bond acceptors (Lipinski definition) is 6. The fourth-order valence-corrected chi connectivity index (χ4v) is 2.70. The minimum absolute atomic E-state index is 0.311. The Labute approximate surface area is 136 Å². The van der Waals surface area contributed by atoms with Gasteiger partial charge in [0.1, 0.15) is 5.60 Å². The number of nitrogens with one attached hydrogen (secondary N) is 1. The van der Waals surface area contributed by atoms with Crippen LogP contribution in [0, 0.1) is 0 Å². The van der Waals surface area contributed by atoms with Gasteiger partial charge in [0.05, 0.1) is 18.8 Å². The molecule has 0 spiro atoms. The molecule has 0 saturated carbocycles. The lowest BCUT2D eigenvalue weighted by molar-refractivity contribution is 0.0240. The highest BCUT2D eigenvalue weighted by molar-refractivity contribution is 5.69. The van der Waals surface area contributed by atoms with Gasteiger partial charge in [-0.15, -0.1) is 0 Å². The summed E-state index contributed by atoms with van der Waals surface area (Å²) >= 11 is 0. The van der Waals surface area contributed by atoms with Crippen molar-refractivity contribution in [3.8, 4) is 0 Å². The summed E-state index contributed by atoms with van der Waals surface area (Å²) in [4.78, 5) is 22.7. The van der Waals surface area contributed by atoms with Crippen molar-refractivity contribution in [2.75, 3.05) is 18.5 Å². The second-order valence-corrected chi connectivity index (χ2v) is 7.03. The molecule has 0 unspecified atom stereocenters. The van der Waals surface area contributed by atoms with E-state index < -0.39 is 5.60 Å². The van der Waals surface area contributed by atoms with Crippen LogP contribution >= 0.6 is 0 Å². The van der Waals surface area contributed by atoms with Crippen LogP contribution in [-0.4, -0.2) is 45.8 Å². The Hall–Kier alpha value is -1.89. The molecule has 1 aromatic heterocycles. The van der Waals surface area contributed by atoms with Crippen molar-refractivity contribution in [2.45, 2.75) is 58.3 Å². The van der Waals surface area contributed by atoms with Gasteiger partial charge in [0, 0.05) is 31.0 Å². The quantitative estimate of drug-likeness (QED) is 0.901. The van der Waals surface area contributed by atoms with E-state index in [1.807, 2.05) is 20.8 Å². The van der Waals surface area contributed by atoms with Gasteiger partial charge in [0.15, 0.2) is 0 Å². The predicted molar refractivity (Wildman–Crippen MR) is 85.0 cm³/mol. The van der Waals surface area contributed by atoms with Gasteiger partial charge < -0.3 is 14.8 Å². The van der Waals surface area contributed by atoms with E-state index in [1.54, 1.807) is 11.1 Å². The number of aromatic nitrogens is 2. The molecular formula is C16H24N4O3. The van der Waals surface area contributed by atoms with Crippen molar-refractivity contribution in [2.24, 2.45) is 0 Å². The monoisotopic (exact) mass is 320 g/mol. The topological polar surface area (TPSA) is 76.6 Å². The average molecular weight is 320 g/mol. The van der Waals surface area contributed by atoms with Crippen molar-refractivity contribution in [1.82, 2.24) is 14.9 Å². The van der Waals surface area contributed by atoms with Crippen molar-refractivity contribution >= 4 is 12.0 Å². The molecule has 23 heavy (non-hydrogen) atoms. The number of carbonyl (C=O) groups is 1. The SMILES string of the molecule is CC(C)(C)OC(=O)N1Cc2cnc(NC3CCOCC3)nc2C1. The maximum atomic E-state index is 12.2. The maximum Gasteiger partial charge on any atom is 0.410 e. The molecule has 1 fully saturated rings. The van der Waals surface area contributed by atoms with Crippen LogP contribution in [0.15, 0.2) is 6.20 Å². The van der Waals surface area contributed by atoms with Crippen LogP contribution in [0.25, 0.3) is 0 Å². The van der Waals surface area contributed by atoms with Crippen LogP contribution in [0.3, 0.4) is 0 Å². The standard InChI is InChI=1S/C16H24N4O3/c1-16(2,3)23-15(21)20-9-11-8-17-14(19-13(11)10-20)18-12-4-6-22-7-5-12/h8,12H,4-7,9-10H2,1-3H3,(H,17,18,19). The van der Waals surface area contributed by atoms with Crippen molar-refractivity contribution in [3.63, 3.8) is 0 Å². The second kappa shape index (κ2) is 6.31. The zero-order valence-corrected chi connectivity index (χ0v) is 14.0. The van der Waals surface area contributed by atoms with Gasteiger partial charge in [-0.3, -0.25) is 4.90 Å². The molecule has 7 heteroatoms. The number of fused-ring (bicyclic) bond motifs is 1. The third-order valence-electron chi connectivity index (χ3n) is 3.86. The van der Waals surface area contributed by atoms with Crippen molar-refractivity contribution in [1.29, 1.82) is 0 Å². The van der Waals surface area contributed by atoms with E-state index in [1.165, 1.54) is 0 Å². The normalized spacial score (nSPS) is 18.7. The molecule has 1 saturated heterocycles. The van der Waals surface area contributed by atoms with Crippen LogP contribution in [-0.2, 0) is 22.6 Å². The summed E-state index contributed by atoms with van der Waals surface area (Å²) in [6, 6.07) is 0.352. The van der Waals surface area contributed by atoms with Crippen LogP contribution in [0.5, 0.6) is 0 Å². The van der Waals surface area contributed by atoms with Crippen molar-refractivity contribution < 1.29 is 14.3 Å². The first-order chi connectivity index (χ1) is 10.9. The summed E-state index contributed by atoms with van der Waals surface area (Å²) in [6.07, 6.45) is 3.41. The summed E-state index contributed by atoms with van der Waals surface area (Å²) in [7, 11) is 0. The number of amides is 1. The van der Waals surface area contributed by atoms with Crippen LogP contribution in [0.4, 0.5) is 10.7 Å². The van der Waals surface area contributed by atoms with Gasteiger partial charge in [0.2, 0.25) is 5.95 Å². The minimum Gasteiger partial charge on any atom is -0.444 e. The fourth-order valence-electron chi connectivity index (χ4n) is 2.70. The highest BCUT2D eigenvalue weighted by Crippen LogP contribution is 2.24. The first-order valence-corrected chi connectivity index (χ1v) is 8.08. The molecule has 126 valence electrons. The zero-order chi connectivity index (χ0) is 16.4. The lowest BCUT2D eigenvalue weighted by Crippen LogP contribution is -2.33. The molecule has 0 radical (unpaired) electrons. The molecule has 3 heterocycles. The average Bonchev–Trinajstić information content (AvgIpc) is 2.90. The molecule has 1 amide bonds. The lowest BCUT2D eigenvalue weighted by atomic mass is 10.1. The Balaban J connectivity index is 1.62. The van der Waals surface area contributed by atoms with Crippen LogP contribution in [0.1, 0.15) is 44.9 Å². The Morgan fingerprint density at radius 3 is 2.78 bits per heavy atom. The number of hydrogen-bond donors (Lipinski definition) is 1. The van der Waals surface area contributed by atoms with Gasteiger partial charge in [-0.2, -0.15) is 0 Å². The Morgan fingerprint density at radius 1 is 1.35 bits per heavy atom. The third-order valence-corrected chi connectivity index (χ3v) is 3.86. The van der Waals surface area contributed by atoms with Gasteiger partial charge in [0.25, 0.3) is 0 Å². The van der Waals surface area contributed by atoms with Crippen LogP contribution in [0.2, 0.25) is 0 Å². The summed E-state index contributed by atoms with van der Waals surface area (Å²) in [5.74, 6) is 0.627. The molecule has 1 N–H and O–H groups in total. The van der Waals surface area contributed by atoms with E-state index in [-0.39, 0.29) is 6.09 Å². The largest absolute Gasteiger partial charge is 0.444 e. The molecule has 7 nitrogen and oxygen atoms in total. The predicted octanol–water partition coefficient (Wildman–Crippen LogP) is 2.32. The van der Waals surface area contributed by atoms with E-state index in [2.05, 4.69) is 15.3 Å². The molecule has 2 aliphatic rings. The van der Waals surface area contributed by atoms with E-state index in [0.29, 0.717) is 25.1 Å². The molecule has 0 atom stereocenters. The second-order valence-electron chi connectivity index (χ2n) is 7.03. The molecule has 0 bridgehead atoms. The number of nitrogens with zero attached hydrogens (tertiary/aromatic N) is 3. The Bertz CT molecular complexity index is 579. The molecule has 0 aromatic carbocycles. The lowest BCUT2D eigenvalue weighted by Gasteiger charge is -2.24. The van der Waals surface area contributed by atoms with Gasteiger partial charge in [-0.1, -0.05) is 0 Å². The third kappa shape index (κ3) is 4.10. The number of carbonyl (C=O) groups excluding carboxylic acids is 1. The number of ether oxygens (including phenoxy) is 2. The zero-order valence-electron chi connectivity index (χ0n) is 14.0. The molecule has 1 aromatic rings. The van der Waals surface area contributed by atoms with Gasteiger partial charge >= 0.3 is 6.09 Å². The molecule has 3 rings (SSSR count).